The highest BCUT2D eigenvalue weighted by atomic mass is 35.5. The summed E-state index contributed by atoms with van der Waals surface area (Å²) in [6.45, 7) is 0.244. The van der Waals surface area contributed by atoms with Gasteiger partial charge in [0.2, 0.25) is 5.91 Å². The molecule has 0 spiro atoms. The van der Waals surface area contributed by atoms with Gasteiger partial charge in [0.1, 0.15) is 5.75 Å². The van der Waals surface area contributed by atoms with E-state index in [4.69, 9.17) is 27.9 Å². The summed E-state index contributed by atoms with van der Waals surface area (Å²) in [5.74, 6) is -0.628. The molecule has 2 aromatic rings. The number of nitrogens with one attached hydrogen (secondary N) is 2. The largest absolute Gasteiger partial charge is 0.492 e. The highest BCUT2D eigenvalue weighted by molar-refractivity contribution is 6.35. The van der Waals surface area contributed by atoms with Crippen molar-refractivity contribution in [3.8, 4) is 5.75 Å². The van der Waals surface area contributed by atoms with Gasteiger partial charge in [0.25, 0.3) is 11.6 Å². The lowest BCUT2D eigenvalue weighted by Crippen LogP contribution is -2.41. The van der Waals surface area contributed by atoms with Gasteiger partial charge < -0.3 is 4.74 Å². The van der Waals surface area contributed by atoms with Gasteiger partial charge in [0, 0.05) is 29.1 Å². The average molecular weight is 412 g/mol. The monoisotopic (exact) mass is 411 g/mol. The van der Waals surface area contributed by atoms with Gasteiger partial charge in [-0.25, -0.2) is 0 Å². The fraction of sp³-hybridized carbons (Fsp3) is 0.176. The van der Waals surface area contributed by atoms with E-state index in [1.54, 1.807) is 18.2 Å². The van der Waals surface area contributed by atoms with Crippen LogP contribution in [0.15, 0.2) is 42.5 Å². The number of ether oxygens (including phenoxy) is 1. The Morgan fingerprint density at radius 2 is 1.89 bits per heavy atom. The normalized spacial score (nSPS) is 10.1. The van der Waals surface area contributed by atoms with Crippen molar-refractivity contribution >= 4 is 40.7 Å². The van der Waals surface area contributed by atoms with E-state index in [1.165, 1.54) is 18.2 Å². The zero-order valence-electron chi connectivity index (χ0n) is 13.9. The maximum Gasteiger partial charge on any atom is 0.270 e. The number of hydrogen-bond acceptors (Lipinski definition) is 5. The molecule has 27 heavy (non-hydrogen) atoms. The van der Waals surface area contributed by atoms with Crippen LogP contribution in [0, 0.1) is 10.1 Å². The van der Waals surface area contributed by atoms with E-state index >= 15 is 0 Å². The van der Waals surface area contributed by atoms with Crippen molar-refractivity contribution in [3.63, 3.8) is 0 Å². The Balaban J connectivity index is 1.72. The molecule has 0 bridgehead atoms. The Morgan fingerprint density at radius 1 is 1.11 bits per heavy atom. The molecule has 8 nitrogen and oxygen atoms in total. The van der Waals surface area contributed by atoms with E-state index < -0.39 is 16.7 Å². The Morgan fingerprint density at radius 3 is 2.59 bits per heavy atom. The second-order valence-electron chi connectivity index (χ2n) is 5.34. The molecule has 0 aromatic heterocycles. The van der Waals surface area contributed by atoms with Gasteiger partial charge in [0.05, 0.1) is 16.6 Å². The number of amides is 2. The summed E-state index contributed by atoms with van der Waals surface area (Å²) in [6, 6.07) is 9.98. The van der Waals surface area contributed by atoms with Crippen LogP contribution >= 0.6 is 23.2 Å². The number of nitro benzene ring substituents is 1. The first-order valence-electron chi connectivity index (χ1n) is 7.78. The predicted octanol–water partition coefficient (Wildman–Crippen LogP) is 3.52. The van der Waals surface area contributed by atoms with Crippen LogP contribution in [0.3, 0.4) is 0 Å². The zero-order chi connectivity index (χ0) is 19.8. The maximum atomic E-state index is 11.9. The van der Waals surface area contributed by atoms with Gasteiger partial charge in [0.15, 0.2) is 0 Å². The lowest BCUT2D eigenvalue weighted by atomic mass is 10.2. The maximum absolute atomic E-state index is 11.9. The Bertz CT molecular complexity index is 860. The smallest absolute Gasteiger partial charge is 0.270 e. The number of rotatable bonds is 7. The molecule has 2 rings (SSSR count). The number of carbonyl (C=O) groups is 2. The van der Waals surface area contributed by atoms with Crippen molar-refractivity contribution in [3.05, 3.63) is 68.2 Å². The summed E-state index contributed by atoms with van der Waals surface area (Å²) in [7, 11) is 0. The number of benzene rings is 2. The number of non-ortho nitro benzene ring substituents is 1. The fourth-order valence-electron chi connectivity index (χ4n) is 2.03. The number of nitrogens with zero attached hydrogens (tertiary/aromatic N) is 1. The van der Waals surface area contributed by atoms with E-state index in [0.29, 0.717) is 22.2 Å². The first-order chi connectivity index (χ1) is 12.9. The summed E-state index contributed by atoms with van der Waals surface area (Å²) >= 11 is 11.8. The summed E-state index contributed by atoms with van der Waals surface area (Å²) in [5.41, 5.74) is 4.29. The molecule has 0 saturated heterocycles. The first kappa shape index (κ1) is 20.5. The quantitative estimate of drug-likeness (QED) is 0.411. The number of nitro groups is 1. The minimum Gasteiger partial charge on any atom is -0.492 e. The van der Waals surface area contributed by atoms with Crippen LogP contribution in [-0.4, -0.2) is 23.3 Å². The number of carbonyl (C=O) groups excluding carboxylic acids is 2. The molecule has 0 saturated carbocycles. The molecule has 0 aliphatic carbocycles. The van der Waals surface area contributed by atoms with E-state index in [-0.39, 0.29) is 24.3 Å². The summed E-state index contributed by atoms with van der Waals surface area (Å²) in [4.78, 5) is 33.7. The minimum absolute atomic E-state index is 0.0604. The molecule has 0 aliphatic rings. The van der Waals surface area contributed by atoms with Crippen molar-refractivity contribution in [1.29, 1.82) is 0 Å². The number of hydrazine groups is 1. The van der Waals surface area contributed by atoms with Gasteiger partial charge in [-0.3, -0.25) is 30.6 Å². The third kappa shape index (κ3) is 6.43. The molecule has 142 valence electrons. The van der Waals surface area contributed by atoms with Gasteiger partial charge in [-0.05, 0) is 30.7 Å². The van der Waals surface area contributed by atoms with Crippen molar-refractivity contribution in [2.75, 3.05) is 6.61 Å². The summed E-state index contributed by atoms with van der Waals surface area (Å²) < 4.78 is 5.45. The third-order valence-corrected chi connectivity index (χ3v) is 3.86. The molecule has 0 atom stereocenters. The van der Waals surface area contributed by atoms with Crippen LogP contribution in [0.5, 0.6) is 5.75 Å². The lowest BCUT2D eigenvalue weighted by molar-refractivity contribution is -0.384. The molecule has 2 aromatic carbocycles. The first-order valence-corrected chi connectivity index (χ1v) is 8.54. The second kappa shape index (κ2) is 9.75. The average Bonchev–Trinajstić information content (AvgIpc) is 2.64. The fourth-order valence-corrected chi connectivity index (χ4v) is 2.49. The molecule has 2 N–H and O–H groups in total. The summed E-state index contributed by atoms with van der Waals surface area (Å²) in [5, 5.41) is 11.6. The number of halogens is 2. The van der Waals surface area contributed by atoms with Crippen LogP contribution in [0.4, 0.5) is 5.69 Å². The SMILES string of the molecule is O=C(CCCOc1ccc(Cl)cc1Cl)NNC(=O)c1cccc([N+](=O)[O-])c1. The van der Waals surface area contributed by atoms with Crippen LogP contribution in [0.2, 0.25) is 10.0 Å². The van der Waals surface area contributed by atoms with Gasteiger partial charge in [-0.15, -0.1) is 0 Å². The highest BCUT2D eigenvalue weighted by Gasteiger charge is 2.12. The van der Waals surface area contributed by atoms with E-state index in [2.05, 4.69) is 10.9 Å². The highest BCUT2D eigenvalue weighted by Crippen LogP contribution is 2.27. The lowest BCUT2D eigenvalue weighted by Gasteiger charge is -2.09. The molecule has 0 aliphatic heterocycles. The predicted molar refractivity (Wildman–Crippen MR) is 99.9 cm³/mol. The van der Waals surface area contributed by atoms with Crippen LogP contribution in [0.25, 0.3) is 0 Å². The Kier molecular flexibility index (Phi) is 7.39. The molecule has 0 unspecified atom stereocenters. The van der Waals surface area contributed by atoms with Crippen LogP contribution < -0.4 is 15.6 Å². The van der Waals surface area contributed by atoms with Crippen molar-refractivity contribution < 1.29 is 19.2 Å². The Hall–Kier alpha value is -2.84. The van der Waals surface area contributed by atoms with Crippen molar-refractivity contribution in [2.45, 2.75) is 12.8 Å². The van der Waals surface area contributed by atoms with Crippen molar-refractivity contribution in [2.24, 2.45) is 0 Å². The molecule has 2 amide bonds. The Labute approximate surface area is 164 Å². The van der Waals surface area contributed by atoms with E-state index in [0.717, 1.165) is 6.07 Å². The molecule has 10 heteroatoms. The standard InChI is InChI=1S/C17H15Cl2N3O5/c18-12-6-7-15(14(19)10-12)27-8-2-5-16(23)20-21-17(24)11-3-1-4-13(9-11)22(25)26/h1,3-4,6-7,9-10H,2,5,8H2,(H,20,23)(H,21,24). The van der Waals surface area contributed by atoms with Gasteiger partial charge >= 0.3 is 0 Å². The number of hydrogen-bond donors (Lipinski definition) is 2. The third-order valence-electron chi connectivity index (χ3n) is 3.33. The van der Waals surface area contributed by atoms with Gasteiger partial charge in [-0.2, -0.15) is 0 Å². The zero-order valence-corrected chi connectivity index (χ0v) is 15.4. The molecule has 0 heterocycles. The minimum atomic E-state index is -0.656. The molecular weight excluding hydrogens is 397 g/mol. The second-order valence-corrected chi connectivity index (χ2v) is 6.18. The van der Waals surface area contributed by atoms with Crippen LogP contribution in [0.1, 0.15) is 23.2 Å². The summed E-state index contributed by atoms with van der Waals surface area (Å²) in [6.07, 6.45) is 0.484. The molecule has 0 radical (unpaired) electrons. The molecule has 0 fully saturated rings. The van der Waals surface area contributed by atoms with E-state index in [9.17, 15) is 19.7 Å². The molecular formula is C17H15Cl2N3O5. The van der Waals surface area contributed by atoms with Gasteiger partial charge in [-0.1, -0.05) is 29.3 Å². The van der Waals surface area contributed by atoms with Crippen molar-refractivity contribution in [1.82, 2.24) is 10.9 Å². The topological polar surface area (TPSA) is 111 Å². The van der Waals surface area contributed by atoms with Crippen LogP contribution in [-0.2, 0) is 4.79 Å². The van der Waals surface area contributed by atoms with E-state index in [1.807, 2.05) is 0 Å².